The lowest BCUT2D eigenvalue weighted by atomic mass is 10.0. The Morgan fingerprint density at radius 1 is 1.41 bits per heavy atom. The standard InChI is InChI=1S/C14H20N2O/c1-3-16(12-8-9-12)14(17)13(15)11-6-4-10(2)5-7-11/h4-7,12-13H,3,8-9,15H2,1-2H3. The van der Waals surface area contributed by atoms with E-state index in [-0.39, 0.29) is 5.91 Å². The molecule has 3 nitrogen and oxygen atoms in total. The number of nitrogens with zero attached hydrogens (tertiary/aromatic N) is 1. The van der Waals surface area contributed by atoms with E-state index in [4.69, 9.17) is 5.73 Å². The molecule has 0 spiro atoms. The second kappa shape index (κ2) is 4.88. The summed E-state index contributed by atoms with van der Waals surface area (Å²) < 4.78 is 0. The molecule has 1 aliphatic rings. The molecule has 0 aliphatic heterocycles. The number of carbonyl (C=O) groups is 1. The molecule has 1 amide bonds. The van der Waals surface area contributed by atoms with Gasteiger partial charge in [0.05, 0.1) is 0 Å². The number of hydrogen-bond acceptors (Lipinski definition) is 2. The molecule has 0 heterocycles. The van der Waals surface area contributed by atoms with Gasteiger partial charge in [-0.05, 0) is 32.3 Å². The van der Waals surface area contributed by atoms with Crippen molar-refractivity contribution in [3.8, 4) is 0 Å². The molecule has 0 bridgehead atoms. The monoisotopic (exact) mass is 232 g/mol. The zero-order chi connectivity index (χ0) is 12.4. The molecule has 2 rings (SSSR count). The Labute approximate surface area is 103 Å². The summed E-state index contributed by atoms with van der Waals surface area (Å²) in [7, 11) is 0. The maximum absolute atomic E-state index is 12.2. The molecular weight excluding hydrogens is 212 g/mol. The molecule has 1 aromatic rings. The number of carbonyl (C=O) groups excluding carboxylic acids is 1. The molecule has 1 fully saturated rings. The van der Waals surface area contributed by atoms with Gasteiger partial charge in [0.2, 0.25) is 5.91 Å². The van der Waals surface area contributed by atoms with Crippen molar-refractivity contribution in [2.45, 2.75) is 38.8 Å². The van der Waals surface area contributed by atoms with Gasteiger partial charge in [0.25, 0.3) is 0 Å². The Bertz CT molecular complexity index is 395. The molecule has 1 aromatic carbocycles. The fraction of sp³-hybridized carbons (Fsp3) is 0.500. The molecule has 92 valence electrons. The van der Waals surface area contributed by atoms with Crippen LogP contribution in [0.5, 0.6) is 0 Å². The Hall–Kier alpha value is -1.35. The van der Waals surface area contributed by atoms with Crippen molar-refractivity contribution < 1.29 is 4.79 Å². The number of benzene rings is 1. The molecule has 0 aromatic heterocycles. The van der Waals surface area contributed by atoms with Gasteiger partial charge in [0.1, 0.15) is 6.04 Å². The van der Waals surface area contributed by atoms with Gasteiger partial charge < -0.3 is 10.6 Å². The van der Waals surface area contributed by atoms with Crippen LogP contribution in [0.4, 0.5) is 0 Å². The SMILES string of the molecule is CCN(C(=O)C(N)c1ccc(C)cc1)C1CC1. The van der Waals surface area contributed by atoms with Gasteiger partial charge in [-0.1, -0.05) is 29.8 Å². The smallest absolute Gasteiger partial charge is 0.244 e. The summed E-state index contributed by atoms with van der Waals surface area (Å²) in [5.41, 5.74) is 8.13. The van der Waals surface area contributed by atoms with Crippen molar-refractivity contribution in [2.24, 2.45) is 5.73 Å². The topological polar surface area (TPSA) is 46.3 Å². The largest absolute Gasteiger partial charge is 0.338 e. The van der Waals surface area contributed by atoms with Gasteiger partial charge in [-0.2, -0.15) is 0 Å². The summed E-state index contributed by atoms with van der Waals surface area (Å²) in [5, 5.41) is 0. The molecule has 0 radical (unpaired) electrons. The molecule has 1 atom stereocenters. The van der Waals surface area contributed by atoms with Crippen LogP contribution in [-0.4, -0.2) is 23.4 Å². The van der Waals surface area contributed by atoms with Crippen LogP contribution in [0.3, 0.4) is 0 Å². The first-order valence-corrected chi connectivity index (χ1v) is 6.26. The first-order valence-electron chi connectivity index (χ1n) is 6.26. The van der Waals surface area contributed by atoms with E-state index in [1.165, 1.54) is 5.56 Å². The van der Waals surface area contributed by atoms with E-state index in [0.29, 0.717) is 6.04 Å². The number of nitrogens with two attached hydrogens (primary N) is 1. The van der Waals surface area contributed by atoms with Crippen LogP contribution in [0.2, 0.25) is 0 Å². The highest BCUT2D eigenvalue weighted by Crippen LogP contribution is 2.28. The highest BCUT2D eigenvalue weighted by Gasteiger charge is 2.33. The summed E-state index contributed by atoms with van der Waals surface area (Å²) in [6.45, 7) is 4.79. The Morgan fingerprint density at radius 3 is 2.47 bits per heavy atom. The van der Waals surface area contributed by atoms with Crippen molar-refractivity contribution in [1.29, 1.82) is 0 Å². The third-order valence-electron chi connectivity index (χ3n) is 3.31. The number of likely N-dealkylation sites (N-methyl/N-ethyl adjacent to an activating group) is 1. The van der Waals surface area contributed by atoms with Crippen molar-refractivity contribution in [3.05, 3.63) is 35.4 Å². The molecule has 0 saturated heterocycles. The average molecular weight is 232 g/mol. The van der Waals surface area contributed by atoms with Crippen LogP contribution in [0.25, 0.3) is 0 Å². The minimum Gasteiger partial charge on any atom is -0.338 e. The van der Waals surface area contributed by atoms with Crippen LogP contribution < -0.4 is 5.73 Å². The van der Waals surface area contributed by atoms with Crippen LogP contribution in [0.1, 0.15) is 36.9 Å². The summed E-state index contributed by atoms with van der Waals surface area (Å²) in [5.74, 6) is 0.0545. The molecule has 1 unspecified atom stereocenters. The van der Waals surface area contributed by atoms with Crippen molar-refractivity contribution in [3.63, 3.8) is 0 Å². The van der Waals surface area contributed by atoms with Crippen LogP contribution in [0, 0.1) is 6.92 Å². The van der Waals surface area contributed by atoms with E-state index in [1.54, 1.807) is 0 Å². The minimum absolute atomic E-state index is 0.0545. The van der Waals surface area contributed by atoms with E-state index in [2.05, 4.69) is 0 Å². The van der Waals surface area contributed by atoms with E-state index in [0.717, 1.165) is 24.9 Å². The fourth-order valence-electron chi connectivity index (χ4n) is 2.08. The first kappa shape index (κ1) is 12.1. The highest BCUT2D eigenvalue weighted by molar-refractivity contribution is 5.83. The van der Waals surface area contributed by atoms with E-state index in [9.17, 15) is 4.79 Å². The van der Waals surface area contributed by atoms with E-state index >= 15 is 0 Å². The van der Waals surface area contributed by atoms with Gasteiger partial charge in [0, 0.05) is 12.6 Å². The molecule has 17 heavy (non-hydrogen) atoms. The van der Waals surface area contributed by atoms with Gasteiger partial charge in [0.15, 0.2) is 0 Å². The Kier molecular flexibility index (Phi) is 3.48. The fourth-order valence-corrected chi connectivity index (χ4v) is 2.08. The summed E-state index contributed by atoms with van der Waals surface area (Å²) in [4.78, 5) is 14.1. The zero-order valence-corrected chi connectivity index (χ0v) is 10.5. The maximum atomic E-state index is 12.2. The lowest BCUT2D eigenvalue weighted by molar-refractivity contribution is -0.133. The van der Waals surface area contributed by atoms with Crippen molar-refractivity contribution in [2.75, 3.05) is 6.54 Å². The molecule has 1 saturated carbocycles. The van der Waals surface area contributed by atoms with Crippen LogP contribution in [-0.2, 0) is 4.79 Å². The summed E-state index contributed by atoms with van der Waals surface area (Å²) in [6, 6.07) is 7.79. The number of amides is 1. The second-order valence-electron chi connectivity index (χ2n) is 4.74. The van der Waals surface area contributed by atoms with Gasteiger partial charge in [-0.25, -0.2) is 0 Å². The van der Waals surface area contributed by atoms with Gasteiger partial charge in [-0.15, -0.1) is 0 Å². The number of hydrogen-bond donors (Lipinski definition) is 1. The van der Waals surface area contributed by atoms with Crippen molar-refractivity contribution >= 4 is 5.91 Å². The molecular formula is C14H20N2O. The normalized spacial score (nSPS) is 16.6. The lowest BCUT2D eigenvalue weighted by Gasteiger charge is -2.24. The molecule has 1 aliphatic carbocycles. The molecule has 3 heteroatoms. The number of rotatable bonds is 4. The van der Waals surface area contributed by atoms with Crippen LogP contribution in [0.15, 0.2) is 24.3 Å². The summed E-state index contributed by atoms with van der Waals surface area (Å²) >= 11 is 0. The Morgan fingerprint density at radius 2 is 2.00 bits per heavy atom. The quantitative estimate of drug-likeness (QED) is 0.863. The average Bonchev–Trinajstić information content (AvgIpc) is 3.14. The van der Waals surface area contributed by atoms with Gasteiger partial charge >= 0.3 is 0 Å². The second-order valence-corrected chi connectivity index (χ2v) is 4.74. The first-order chi connectivity index (χ1) is 8.13. The Balaban J connectivity index is 2.10. The maximum Gasteiger partial charge on any atom is 0.244 e. The predicted octanol–water partition coefficient (Wildman–Crippen LogP) is 2.01. The highest BCUT2D eigenvalue weighted by atomic mass is 16.2. The lowest BCUT2D eigenvalue weighted by Crippen LogP contribution is -2.39. The van der Waals surface area contributed by atoms with Crippen molar-refractivity contribution in [1.82, 2.24) is 4.90 Å². The minimum atomic E-state index is -0.517. The van der Waals surface area contributed by atoms with Crippen LogP contribution >= 0.6 is 0 Å². The summed E-state index contributed by atoms with van der Waals surface area (Å²) in [6.07, 6.45) is 2.25. The number of aryl methyl sites for hydroxylation is 1. The predicted molar refractivity (Wildman–Crippen MR) is 68.5 cm³/mol. The third-order valence-corrected chi connectivity index (χ3v) is 3.31. The van der Waals surface area contributed by atoms with E-state index < -0.39 is 6.04 Å². The van der Waals surface area contributed by atoms with E-state index in [1.807, 2.05) is 43.0 Å². The molecule has 2 N–H and O–H groups in total. The van der Waals surface area contributed by atoms with Gasteiger partial charge in [-0.3, -0.25) is 4.79 Å². The zero-order valence-electron chi connectivity index (χ0n) is 10.5. The third kappa shape index (κ3) is 2.67.